The van der Waals surface area contributed by atoms with E-state index in [9.17, 15) is 9.59 Å². The van der Waals surface area contributed by atoms with Crippen LogP contribution in [0, 0.1) is 0 Å². The number of methoxy groups -OCH3 is 1. The number of benzene rings is 2. The number of likely N-dealkylation sites (tertiary alicyclic amines) is 1. The Kier molecular flexibility index (Phi) is 6.72. The Morgan fingerprint density at radius 1 is 1.13 bits per heavy atom. The number of nitrogens with zero attached hydrogens (tertiary/aromatic N) is 1. The van der Waals surface area contributed by atoms with Crippen molar-refractivity contribution in [3.63, 3.8) is 0 Å². The number of hydrogen-bond acceptors (Lipinski definition) is 4. The van der Waals surface area contributed by atoms with Crippen molar-refractivity contribution >= 4 is 17.0 Å². The summed E-state index contributed by atoms with van der Waals surface area (Å²) in [6.45, 7) is 3.10. The predicted molar refractivity (Wildman–Crippen MR) is 118 cm³/mol. The highest BCUT2D eigenvalue weighted by Gasteiger charge is 2.26. The molecule has 0 aliphatic carbocycles. The first-order valence-electron chi connectivity index (χ1n) is 11.0. The van der Waals surface area contributed by atoms with Crippen LogP contribution in [-0.4, -0.2) is 37.2 Å². The summed E-state index contributed by atoms with van der Waals surface area (Å²) < 4.78 is 12.1. The molecule has 1 aliphatic rings. The highest BCUT2D eigenvalue weighted by molar-refractivity contribution is 5.76. The maximum absolute atomic E-state index is 12.6. The second-order valence-corrected chi connectivity index (χ2v) is 8.09. The van der Waals surface area contributed by atoms with Crippen LogP contribution < -0.4 is 20.7 Å². The average Bonchev–Trinajstić information content (AvgIpc) is 3.13. The van der Waals surface area contributed by atoms with Crippen LogP contribution in [0.4, 0.5) is 0 Å². The van der Waals surface area contributed by atoms with Crippen LogP contribution in [0.2, 0.25) is 0 Å². The second-order valence-electron chi connectivity index (χ2n) is 8.09. The Bertz CT molecular complexity index is 1060. The summed E-state index contributed by atoms with van der Waals surface area (Å²) >= 11 is 0. The number of ether oxygens (including phenoxy) is 1. The van der Waals surface area contributed by atoms with E-state index in [1.807, 2.05) is 30.3 Å². The monoisotopic (exact) mass is 424 g/mol. The summed E-state index contributed by atoms with van der Waals surface area (Å²) in [5.74, 6) is 0.341. The zero-order chi connectivity index (χ0) is 21.6. The molecule has 1 saturated heterocycles. The van der Waals surface area contributed by atoms with Gasteiger partial charge >= 0.3 is 5.76 Å². The minimum atomic E-state index is -0.428. The molecular formula is C24H30N3O4+. The molecule has 2 heterocycles. The highest BCUT2D eigenvalue weighted by atomic mass is 16.5. The van der Waals surface area contributed by atoms with E-state index in [4.69, 9.17) is 9.15 Å². The van der Waals surface area contributed by atoms with Crippen LogP contribution in [0.1, 0.15) is 37.3 Å². The van der Waals surface area contributed by atoms with Crippen molar-refractivity contribution in [1.29, 1.82) is 0 Å². The Morgan fingerprint density at radius 2 is 1.87 bits per heavy atom. The maximum Gasteiger partial charge on any atom is 0.419 e. The fourth-order valence-electron chi connectivity index (χ4n) is 4.43. The zero-order valence-electron chi connectivity index (χ0n) is 17.9. The highest BCUT2D eigenvalue weighted by Crippen LogP contribution is 2.17. The van der Waals surface area contributed by atoms with E-state index in [2.05, 4.69) is 17.4 Å². The third kappa shape index (κ3) is 4.99. The Labute approximate surface area is 181 Å². The summed E-state index contributed by atoms with van der Waals surface area (Å²) in [6, 6.07) is 15.6. The molecule has 0 radical (unpaired) electrons. The first kappa shape index (κ1) is 21.2. The van der Waals surface area contributed by atoms with Gasteiger partial charge in [-0.05, 0) is 55.7 Å². The van der Waals surface area contributed by atoms with Crippen LogP contribution in [0.5, 0.6) is 5.75 Å². The minimum absolute atomic E-state index is 0.0629. The van der Waals surface area contributed by atoms with Crippen molar-refractivity contribution in [3.8, 4) is 5.75 Å². The van der Waals surface area contributed by atoms with Gasteiger partial charge in [0.15, 0.2) is 5.58 Å². The number of piperidine rings is 1. The molecular weight excluding hydrogens is 394 g/mol. The van der Waals surface area contributed by atoms with Crippen molar-refractivity contribution in [2.24, 2.45) is 0 Å². The summed E-state index contributed by atoms with van der Waals surface area (Å²) in [6.07, 6.45) is 3.94. The van der Waals surface area contributed by atoms with Crippen LogP contribution in [0.3, 0.4) is 0 Å². The number of oxazole rings is 1. The van der Waals surface area contributed by atoms with E-state index in [0.717, 1.165) is 18.8 Å². The number of hydrogen-bond donors (Lipinski definition) is 2. The van der Waals surface area contributed by atoms with E-state index in [-0.39, 0.29) is 18.4 Å². The lowest BCUT2D eigenvalue weighted by molar-refractivity contribution is -0.935. The molecule has 1 aromatic heterocycles. The van der Waals surface area contributed by atoms with Gasteiger partial charge in [-0.1, -0.05) is 12.1 Å². The molecule has 2 N–H and O–H groups in total. The van der Waals surface area contributed by atoms with Crippen molar-refractivity contribution in [3.05, 3.63) is 64.6 Å². The van der Waals surface area contributed by atoms with E-state index in [1.54, 1.807) is 13.2 Å². The Morgan fingerprint density at radius 3 is 2.61 bits per heavy atom. The lowest BCUT2D eigenvalue weighted by Crippen LogP contribution is -3.13. The fraction of sp³-hybridized carbons (Fsp3) is 0.417. The molecule has 0 spiro atoms. The quantitative estimate of drug-likeness (QED) is 0.579. The fourth-order valence-corrected chi connectivity index (χ4v) is 4.43. The molecule has 1 amide bonds. The minimum Gasteiger partial charge on any atom is -0.497 e. The van der Waals surface area contributed by atoms with Crippen LogP contribution in [0.15, 0.2) is 57.7 Å². The number of quaternary nitrogens is 1. The second kappa shape index (κ2) is 9.83. The summed E-state index contributed by atoms with van der Waals surface area (Å²) in [4.78, 5) is 26.2. The zero-order valence-corrected chi connectivity index (χ0v) is 17.9. The van der Waals surface area contributed by atoms with Gasteiger partial charge in [0.1, 0.15) is 11.8 Å². The van der Waals surface area contributed by atoms with Gasteiger partial charge in [0.25, 0.3) is 0 Å². The Hall–Kier alpha value is -3.06. The van der Waals surface area contributed by atoms with Gasteiger partial charge in [-0.25, -0.2) is 4.79 Å². The van der Waals surface area contributed by atoms with Crippen molar-refractivity contribution in [2.45, 2.75) is 38.3 Å². The molecule has 1 aliphatic heterocycles. The smallest absolute Gasteiger partial charge is 0.419 e. The molecule has 1 atom stereocenters. The van der Waals surface area contributed by atoms with Crippen molar-refractivity contribution < 1.29 is 18.8 Å². The number of nitrogens with one attached hydrogen (secondary N) is 2. The van der Waals surface area contributed by atoms with Crippen molar-refractivity contribution in [1.82, 2.24) is 9.88 Å². The lowest BCUT2D eigenvalue weighted by atomic mass is 10.0. The van der Waals surface area contributed by atoms with Gasteiger partial charge in [0, 0.05) is 18.5 Å². The third-order valence-electron chi connectivity index (χ3n) is 6.15. The lowest BCUT2D eigenvalue weighted by Gasteiger charge is -2.32. The van der Waals surface area contributed by atoms with E-state index in [1.165, 1.54) is 34.3 Å². The van der Waals surface area contributed by atoms with E-state index < -0.39 is 5.76 Å². The number of amides is 1. The number of aryl methyl sites for hydroxylation is 1. The molecule has 7 nitrogen and oxygen atoms in total. The predicted octanol–water partition coefficient (Wildman–Crippen LogP) is 1.92. The number of fused-ring (bicyclic) bond motifs is 1. The van der Waals surface area contributed by atoms with E-state index >= 15 is 0 Å². The molecule has 2 aromatic carbocycles. The first-order valence-corrected chi connectivity index (χ1v) is 11.0. The van der Waals surface area contributed by atoms with Crippen LogP contribution >= 0.6 is 0 Å². The summed E-state index contributed by atoms with van der Waals surface area (Å²) in [5, 5.41) is 3.10. The van der Waals surface area contributed by atoms with Gasteiger partial charge in [-0.2, -0.15) is 0 Å². The molecule has 0 saturated carbocycles. The van der Waals surface area contributed by atoms with Gasteiger partial charge in [0.2, 0.25) is 5.91 Å². The van der Waals surface area contributed by atoms with Gasteiger partial charge in [-0.3, -0.25) is 9.36 Å². The standard InChI is InChI=1S/C24H29N3O4/c1-30-19-11-9-18(10-12-19)21(26-14-5-2-6-15-26)17-25-23(28)13-16-27-20-7-3-4-8-22(20)31-24(27)29/h3-4,7-12,21H,2,5-6,13-17H2,1H3,(H,25,28)/p+1/t21-/m1/s1. The normalized spacial score (nSPS) is 15.6. The number of carbonyl (C=O) groups is 1. The van der Waals surface area contributed by atoms with E-state index in [0.29, 0.717) is 24.2 Å². The van der Waals surface area contributed by atoms with Gasteiger partial charge < -0.3 is 19.4 Å². The molecule has 1 fully saturated rings. The molecule has 4 rings (SSSR count). The first-order chi connectivity index (χ1) is 15.2. The third-order valence-corrected chi connectivity index (χ3v) is 6.15. The van der Waals surface area contributed by atoms with Gasteiger partial charge in [0.05, 0.1) is 32.3 Å². The summed E-state index contributed by atoms with van der Waals surface area (Å²) in [7, 11) is 1.66. The average molecular weight is 425 g/mol. The van der Waals surface area contributed by atoms with Gasteiger partial charge in [-0.15, -0.1) is 0 Å². The molecule has 0 unspecified atom stereocenters. The number of para-hydroxylation sites is 2. The molecule has 31 heavy (non-hydrogen) atoms. The number of aromatic nitrogens is 1. The van der Waals surface area contributed by atoms with Crippen molar-refractivity contribution in [2.75, 3.05) is 26.7 Å². The summed E-state index contributed by atoms with van der Waals surface area (Å²) in [5.41, 5.74) is 2.46. The van der Waals surface area contributed by atoms with Crippen LogP contribution in [0.25, 0.3) is 11.1 Å². The topological polar surface area (TPSA) is 77.9 Å². The number of rotatable bonds is 8. The Balaban J connectivity index is 1.40. The maximum atomic E-state index is 12.6. The largest absolute Gasteiger partial charge is 0.497 e. The van der Waals surface area contributed by atoms with Crippen LogP contribution in [-0.2, 0) is 11.3 Å². The molecule has 3 aromatic rings. The molecule has 164 valence electrons. The number of carbonyl (C=O) groups excluding carboxylic acids is 1. The SMILES string of the molecule is COc1ccc([C@@H](CNC(=O)CCn2c(=O)oc3ccccc32)[NH+]2CCCCC2)cc1. The molecule has 7 heteroatoms. The molecule has 0 bridgehead atoms.